The van der Waals surface area contributed by atoms with E-state index in [1.807, 2.05) is 22.8 Å². The molecule has 148 valence electrons. The average Bonchev–Trinajstić information content (AvgIpc) is 3.37. The number of benzene rings is 1. The molecule has 1 N–H and O–H groups in total. The summed E-state index contributed by atoms with van der Waals surface area (Å²) in [6, 6.07) is 13.7. The molecular formula is C22H23N5O2. The third kappa shape index (κ3) is 4.51. The van der Waals surface area contributed by atoms with Gasteiger partial charge < -0.3 is 14.3 Å². The molecule has 3 aromatic heterocycles. The van der Waals surface area contributed by atoms with E-state index < -0.39 is 0 Å². The zero-order chi connectivity index (χ0) is 20.1. The first-order valence-electron chi connectivity index (χ1n) is 9.81. The highest BCUT2D eigenvalue weighted by Crippen LogP contribution is 2.21. The second-order valence-corrected chi connectivity index (χ2v) is 6.93. The first-order valence-corrected chi connectivity index (χ1v) is 9.81. The Hall–Kier alpha value is -3.48. The van der Waals surface area contributed by atoms with Crippen LogP contribution in [0.5, 0.6) is 0 Å². The van der Waals surface area contributed by atoms with E-state index in [1.54, 1.807) is 24.7 Å². The smallest absolute Gasteiger partial charge is 0.233 e. The lowest BCUT2D eigenvalue weighted by Gasteiger charge is -2.09. The van der Waals surface area contributed by atoms with Crippen LogP contribution in [0.4, 0.5) is 5.82 Å². The van der Waals surface area contributed by atoms with Crippen LogP contribution >= 0.6 is 0 Å². The van der Waals surface area contributed by atoms with E-state index in [-0.39, 0.29) is 12.3 Å². The molecular weight excluding hydrogens is 366 g/mol. The summed E-state index contributed by atoms with van der Waals surface area (Å²) in [7, 11) is 0. The highest BCUT2D eigenvalue weighted by Gasteiger charge is 2.16. The number of nitrogens with one attached hydrogen (secondary N) is 1. The Morgan fingerprint density at radius 1 is 1.14 bits per heavy atom. The van der Waals surface area contributed by atoms with Crippen LogP contribution in [0.1, 0.15) is 36.9 Å². The number of carbonyl (C=O) groups is 1. The Kier molecular flexibility index (Phi) is 5.65. The van der Waals surface area contributed by atoms with Gasteiger partial charge in [-0.05, 0) is 24.1 Å². The summed E-state index contributed by atoms with van der Waals surface area (Å²) < 4.78 is 7.25. The average molecular weight is 389 g/mol. The first kappa shape index (κ1) is 18.9. The topological polar surface area (TPSA) is 85.8 Å². The highest BCUT2D eigenvalue weighted by atomic mass is 16.3. The molecule has 0 unspecified atom stereocenters. The molecule has 4 rings (SSSR count). The summed E-state index contributed by atoms with van der Waals surface area (Å²) >= 11 is 0. The number of amides is 1. The SMILES string of the molecule is CCCCc1nc(NC(=O)Cc2ccco2)c2ncn(Cc3ccccc3)c2n1. The molecule has 0 aliphatic rings. The van der Waals surface area contributed by atoms with Crippen LogP contribution in [0.3, 0.4) is 0 Å². The van der Waals surface area contributed by atoms with Gasteiger partial charge in [0.15, 0.2) is 17.0 Å². The quantitative estimate of drug-likeness (QED) is 0.492. The van der Waals surface area contributed by atoms with Crippen molar-refractivity contribution in [2.75, 3.05) is 5.32 Å². The van der Waals surface area contributed by atoms with Crippen molar-refractivity contribution in [1.82, 2.24) is 19.5 Å². The maximum atomic E-state index is 12.5. The number of hydrogen-bond acceptors (Lipinski definition) is 5. The van der Waals surface area contributed by atoms with Gasteiger partial charge in [0.2, 0.25) is 5.91 Å². The third-order valence-corrected chi connectivity index (χ3v) is 4.63. The standard InChI is InChI=1S/C22H23N5O2/c1-2-3-11-18-24-21(26-19(28)13-17-10-7-12-29-17)20-22(25-18)27(15-23-20)14-16-8-5-4-6-9-16/h4-10,12,15H,2-3,11,13-14H2,1H3,(H,24,25,26,28). The number of anilines is 1. The van der Waals surface area contributed by atoms with Crippen LogP contribution in [0, 0.1) is 0 Å². The summed E-state index contributed by atoms with van der Waals surface area (Å²) in [5, 5.41) is 2.89. The van der Waals surface area contributed by atoms with Gasteiger partial charge in [-0.3, -0.25) is 4.79 Å². The number of fused-ring (bicyclic) bond motifs is 1. The number of hydrogen-bond donors (Lipinski definition) is 1. The predicted molar refractivity (Wildman–Crippen MR) is 111 cm³/mol. The van der Waals surface area contributed by atoms with Crippen LogP contribution < -0.4 is 5.32 Å². The van der Waals surface area contributed by atoms with Gasteiger partial charge in [-0.25, -0.2) is 15.0 Å². The second kappa shape index (κ2) is 8.68. The maximum absolute atomic E-state index is 12.5. The van der Waals surface area contributed by atoms with Crippen molar-refractivity contribution in [3.63, 3.8) is 0 Å². The number of furan rings is 1. The lowest BCUT2D eigenvalue weighted by Crippen LogP contribution is -2.16. The predicted octanol–water partition coefficient (Wildman–Crippen LogP) is 3.99. The van der Waals surface area contributed by atoms with Gasteiger partial charge in [0.25, 0.3) is 0 Å². The van der Waals surface area contributed by atoms with Crippen LogP contribution in [-0.4, -0.2) is 25.4 Å². The van der Waals surface area contributed by atoms with Crippen molar-refractivity contribution >= 4 is 22.9 Å². The summed E-state index contributed by atoms with van der Waals surface area (Å²) in [6.07, 6.45) is 6.23. The number of carbonyl (C=O) groups excluding carboxylic acids is 1. The van der Waals surface area contributed by atoms with Crippen LogP contribution in [-0.2, 0) is 24.2 Å². The minimum Gasteiger partial charge on any atom is -0.469 e. The van der Waals surface area contributed by atoms with Crippen LogP contribution in [0.2, 0.25) is 0 Å². The van der Waals surface area contributed by atoms with Gasteiger partial charge in [-0.2, -0.15) is 0 Å². The molecule has 0 aliphatic heterocycles. The fraction of sp³-hybridized carbons (Fsp3) is 0.273. The Morgan fingerprint density at radius 2 is 2.00 bits per heavy atom. The monoisotopic (exact) mass is 389 g/mol. The Bertz CT molecular complexity index is 1090. The molecule has 7 heteroatoms. The zero-order valence-electron chi connectivity index (χ0n) is 16.3. The van der Waals surface area contributed by atoms with Crippen molar-refractivity contribution in [3.05, 3.63) is 72.2 Å². The zero-order valence-corrected chi connectivity index (χ0v) is 16.3. The van der Waals surface area contributed by atoms with Gasteiger partial charge in [0, 0.05) is 6.42 Å². The molecule has 0 aliphatic carbocycles. The van der Waals surface area contributed by atoms with Crippen molar-refractivity contribution < 1.29 is 9.21 Å². The van der Waals surface area contributed by atoms with Gasteiger partial charge in [-0.1, -0.05) is 43.7 Å². The Labute approximate surface area is 168 Å². The van der Waals surface area contributed by atoms with Gasteiger partial charge in [0.1, 0.15) is 11.6 Å². The molecule has 1 amide bonds. The summed E-state index contributed by atoms with van der Waals surface area (Å²) in [4.78, 5) is 26.3. The lowest BCUT2D eigenvalue weighted by molar-refractivity contribution is -0.115. The number of aryl methyl sites for hydroxylation is 1. The van der Waals surface area contributed by atoms with Crippen molar-refractivity contribution in [1.29, 1.82) is 0 Å². The van der Waals surface area contributed by atoms with E-state index >= 15 is 0 Å². The van der Waals surface area contributed by atoms with Gasteiger partial charge in [0.05, 0.1) is 25.6 Å². The number of nitrogens with zero attached hydrogens (tertiary/aromatic N) is 4. The maximum Gasteiger partial charge on any atom is 0.233 e. The molecule has 1 aromatic carbocycles. The molecule has 0 saturated heterocycles. The van der Waals surface area contributed by atoms with Crippen LogP contribution in [0.15, 0.2) is 59.5 Å². The summed E-state index contributed by atoms with van der Waals surface area (Å²) in [6.45, 7) is 2.78. The fourth-order valence-corrected chi connectivity index (χ4v) is 3.17. The normalized spacial score (nSPS) is 11.1. The second-order valence-electron chi connectivity index (χ2n) is 6.93. The molecule has 0 spiro atoms. The lowest BCUT2D eigenvalue weighted by atomic mass is 10.2. The number of aromatic nitrogens is 4. The molecule has 0 saturated carbocycles. The number of rotatable bonds is 8. The Morgan fingerprint density at radius 3 is 2.76 bits per heavy atom. The van der Waals surface area contributed by atoms with E-state index in [0.717, 1.165) is 30.5 Å². The molecule has 0 bridgehead atoms. The minimum absolute atomic E-state index is 0.146. The van der Waals surface area contributed by atoms with Crippen molar-refractivity contribution in [2.24, 2.45) is 0 Å². The molecule has 0 radical (unpaired) electrons. The van der Waals surface area contributed by atoms with Crippen molar-refractivity contribution in [3.8, 4) is 0 Å². The number of imidazole rings is 1. The largest absolute Gasteiger partial charge is 0.469 e. The molecule has 7 nitrogen and oxygen atoms in total. The fourth-order valence-electron chi connectivity index (χ4n) is 3.17. The highest BCUT2D eigenvalue weighted by molar-refractivity contribution is 5.97. The summed E-state index contributed by atoms with van der Waals surface area (Å²) in [5.41, 5.74) is 2.47. The van der Waals surface area contributed by atoms with Crippen molar-refractivity contribution in [2.45, 2.75) is 39.2 Å². The van der Waals surface area contributed by atoms with E-state index in [2.05, 4.69) is 34.3 Å². The first-order chi connectivity index (χ1) is 14.2. The molecule has 29 heavy (non-hydrogen) atoms. The van der Waals surface area contributed by atoms with E-state index in [4.69, 9.17) is 9.40 Å². The molecule has 0 atom stereocenters. The number of unbranched alkanes of at least 4 members (excludes halogenated alkanes) is 1. The van der Waals surface area contributed by atoms with E-state index in [9.17, 15) is 4.79 Å². The molecule has 3 heterocycles. The molecule has 0 fully saturated rings. The van der Waals surface area contributed by atoms with E-state index in [0.29, 0.717) is 29.5 Å². The van der Waals surface area contributed by atoms with Gasteiger partial charge >= 0.3 is 0 Å². The third-order valence-electron chi connectivity index (χ3n) is 4.63. The summed E-state index contributed by atoms with van der Waals surface area (Å²) in [5.74, 6) is 1.57. The minimum atomic E-state index is -0.195. The van der Waals surface area contributed by atoms with Gasteiger partial charge in [-0.15, -0.1) is 0 Å². The Balaban J connectivity index is 1.65. The van der Waals surface area contributed by atoms with E-state index in [1.165, 1.54) is 0 Å². The molecule has 4 aromatic rings. The van der Waals surface area contributed by atoms with Crippen LogP contribution in [0.25, 0.3) is 11.2 Å².